The average molecular weight is 416 g/mol. The lowest BCUT2D eigenvalue weighted by atomic mass is 10.1. The second-order valence-corrected chi connectivity index (χ2v) is 6.12. The normalized spacial score (nSPS) is 10.3. The highest BCUT2D eigenvalue weighted by Gasteiger charge is 2.13. The summed E-state index contributed by atoms with van der Waals surface area (Å²) in [5.41, 5.74) is 3.95. The number of nitrogens with one attached hydrogen (secondary N) is 2. The van der Waals surface area contributed by atoms with Gasteiger partial charge in [-0.3, -0.25) is 9.59 Å². The highest BCUT2D eigenvalue weighted by Crippen LogP contribution is 2.14. The van der Waals surface area contributed by atoms with Gasteiger partial charge in [0, 0.05) is 5.69 Å². The van der Waals surface area contributed by atoms with Crippen LogP contribution in [0.5, 0.6) is 5.75 Å². The Kier molecular flexibility index (Phi) is 6.90. The van der Waals surface area contributed by atoms with Crippen molar-refractivity contribution in [2.24, 2.45) is 5.10 Å². The van der Waals surface area contributed by atoms with Crippen LogP contribution in [0.3, 0.4) is 0 Å². The monoisotopic (exact) mass is 416 g/mol. The van der Waals surface area contributed by atoms with Crippen molar-refractivity contribution in [3.63, 3.8) is 0 Å². The molecule has 0 radical (unpaired) electrons. The van der Waals surface area contributed by atoms with Crippen molar-refractivity contribution in [3.8, 4) is 11.8 Å². The summed E-state index contributed by atoms with van der Waals surface area (Å²) < 4.78 is 10.1. The Morgan fingerprint density at radius 3 is 2.42 bits per heavy atom. The first kappa shape index (κ1) is 21.0. The van der Waals surface area contributed by atoms with E-state index in [1.165, 1.54) is 18.5 Å². The molecule has 0 saturated heterocycles. The van der Waals surface area contributed by atoms with Gasteiger partial charge in [0.25, 0.3) is 0 Å². The molecule has 2 N–H and O–H groups in total. The van der Waals surface area contributed by atoms with E-state index in [1.807, 2.05) is 6.07 Å². The largest absolute Gasteiger partial charge is 0.457 e. The summed E-state index contributed by atoms with van der Waals surface area (Å²) in [6.07, 6.45) is 2.97. The number of ether oxygens (including phenoxy) is 1. The smallest absolute Gasteiger partial charge is 0.379 e. The predicted molar refractivity (Wildman–Crippen MR) is 110 cm³/mol. The van der Waals surface area contributed by atoms with E-state index in [0.29, 0.717) is 17.0 Å². The number of furan rings is 1. The minimum atomic E-state index is -0.943. The van der Waals surface area contributed by atoms with E-state index in [0.717, 1.165) is 5.56 Å². The van der Waals surface area contributed by atoms with Crippen LogP contribution in [0.2, 0.25) is 0 Å². The fraction of sp³-hybridized carbons (Fsp3) is 0.0455. The first-order chi connectivity index (χ1) is 15.0. The molecular weight excluding hydrogens is 400 g/mol. The molecule has 31 heavy (non-hydrogen) atoms. The maximum absolute atomic E-state index is 11.9. The minimum absolute atomic E-state index is 0.0877. The highest BCUT2D eigenvalue weighted by molar-refractivity contribution is 6.39. The third kappa shape index (κ3) is 6.13. The molecule has 2 amide bonds. The molecule has 0 fully saturated rings. The number of anilines is 1. The number of benzene rings is 2. The van der Waals surface area contributed by atoms with Gasteiger partial charge in [-0.05, 0) is 59.7 Å². The molecule has 0 aliphatic carbocycles. The van der Waals surface area contributed by atoms with Gasteiger partial charge in [0.15, 0.2) is 0 Å². The molecule has 0 unspecified atom stereocenters. The third-order valence-electron chi connectivity index (χ3n) is 3.89. The van der Waals surface area contributed by atoms with Crippen LogP contribution < -0.4 is 15.5 Å². The van der Waals surface area contributed by atoms with Crippen molar-refractivity contribution in [2.45, 2.75) is 6.42 Å². The van der Waals surface area contributed by atoms with E-state index < -0.39 is 17.8 Å². The predicted octanol–water partition coefficient (Wildman–Crippen LogP) is 2.65. The number of nitriles is 1. The molecule has 154 valence electrons. The molecule has 1 aromatic heterocycles. The lowest BCUT2D eigenvalue weighted by molar-refractivity contribution is -0.136. The molecule has 0 spiro atoms. The van der Waals surface area contributed by atoms with E-state index in [2.05, 4.69) is 15.8 Å². The molecule has 0 aliphatic heterocycles. The molecule has 3 rings (SSSR count). The number of esters is 1. The zero-order valence-electron chi connectivity index (χ0n) is 16.1. The van der Waals surface area contributed by atoms with Crippen molar-refractivity contribution in [2.75, 3.05) is 5.32 Å². The molecule has 0 atom stereocenters. The maximum Gasteiger partial charge on any atom is 0.379 e. The molecule has 1 heterocycles. The van der Waals surface area contributed by atoms with Crippen LogP contribution in [-0.4, -0.2) is 24.0 Å². The zero-order chi connectivity index (χ0) is 22.1. The van der Waals surface area contributed by atoms with Crippen molar-refractivity contribution in [1.29, 1.82) is 5.26 Å². The van der Waals surface area contributed by atoms with Gasteiger partial charge in [-0.25, -0.2) is 10.2 Å². The van der Waals surface area contributed by atoms with Crippen molar-refractivity contribution < 1.29 is 23.5 Å². The third-order valence-corrected chi connectivity index (χ3v) is 3.89. The van der Waals surface area contributed by atoms with Gasteiger partial charge in [0.1, 0.15) is 5.75 Å². The molecule has 9 nitrogen and oxygen atoms in total. The van der Waals surface area contributed by atoms with Crippen molar-refractivity contribution >= 4 is 29.7 Å². The Hall–Kier alpha value is -4.71. The molecule has 0 bridgehead atoms. The SMILES string of the molecule is N#CCc1ccc(NC(=O)C(=O)NN=Cc2ccc(OC(=O)c3ccco3)cc2)cc1. The van der Waals surface area contributed by atoms with Gasteiger partial charge in [-0.15, -0.1) is 0 Å². The molecule has 0 saturated carbocycles. The van der Waals surface area contributed by atoms with E-state index in [9.17, 15) is 14.4 Å². The maximum atomic E-state index is 11.9. The summed E-state index contributed by atoms with van der Waals surface area (Å²) in [6, 6.07) is 18.0. The quantitative estimate of drug-likeness (QED) is 0.209. The molecule has 0 aliphatic rings. The van der Waals surface area contributed by atoms with Crippen LogP contribution in [0.25, 0.3) is 0 Å². The Morgan fingerprint density at radius 1 is 1.03 bits per heavy atom. The first-order valence-electron chi connectivity index (χ1n) is 9.01. The average Bonchev–Trinajstić information content (AvgIpc) is 3.31. The van der Waals surface area contributed by atoms with Crippen LogP contribution in [0, 0.1) is 11.3 Å². The van der Waals surface area contributed by atoms with E-state index >= 15 is 0 Å². The standard InChI is InChI=1S/C22H16N4O5/c23-12-11-15-3-7-17(8-4-15)25-20(27)21(28)26-24-14-16-5-9-18(10-6-16)31-22(29)19-2-1-13-30-19/h1-10,13-14H,11H2,(H,25,27)(H,26,28). The zero-order valence-corrected chi connectivity index (χ0v) is 16.1. The second kappa shape index (κ2) is 10.2. The van der Waals surface area contributed by atoms with Crippen LogP contribution in [0.15, 0.2) is 76.4 Å². The lowest BCUT2D eigenvalue weighted by Gasteiger charge is -2.04. The summed E-state index contributed by atoms with van der Waals surface area (Å²) in [5, 5.41) is 14.8. The van der Waals surface area contributed by atoms with E-state index in [4.69, 9.17) is 14.4 Å². The van der Waals surface area contributed by atoms with Gasteiger partial charge in [-0.2, -0.15) is 10.4 Å². The Labute approximate surface area is 176 Å². The van der Waals surface area contributed by atoms with Gasteiger partial charge >= 0.3 is 17.8 Å². The highest BCUT2D eigenvalue weighted by atomic mass is 16.5. The summed E-state index contributed by atoms with van der Waals surface area (Å²) in [5.74, 6) is -2.05. The van der Waals surface area contributed by atoms with Gasteiger partial charge in [0.05, 0.1) is 25.0 Å². The van der Waals surface area contributed by atoms with Crippen molar-refractivity contribution in [1.82, 2.24) is 5.43 Å². The number of nitrogens with zero attached hydrogens (tertiary/aromatic N) is 2. The molecule has 9 heteroatoms. The second-order valence-electron chi connectivity index (χ2n) is 6.12. The number of hydrogen-bond donors (Lipinski definition) is 2. The Morgan fingerprint density at radius 2 is 1.77 bits per heavy atom. The first-order valence-corrected chi connectivity index (χ1v) is 9.01. The number of hydrogen-bond acceptors (Lipinski definition) is 7. The van der Waals surface area contributed by atoms with E-state index in [1.54, 1.807) is 54.6 Å². The van der Waals surface area contributed by atoms with Gasteiger partial charge in [0.2, 0.25) is 5.76 Å². The van der Waals surface area contributed by atoms with Crippen LogP contribution in [0.4, 0.5) is 5.69 Å². The molecular formula is C22H16N4O5. The Balaban J connectivity index is 1.48. The van der Waals surface area contributed by atoms with Gasteiger partial charge in [-0.1, -0.05) is 12.1 Å². The van der Waals surface area contributed by atoms with Crippen molar-refractivity contribution in [3.05, 3.63) is 83.8 Å². The lowest BCUT2D eigenvalue weighted by Crippen LogP contribution is -2.32. The fourth-order valence-corrected chi connectivity index (χ4v) is 2.38. The van der Waals surface area contributed by atoms with Crippen LogP contribution in [0.1, 0.15) is 21.7 Å². The minimum Gasteiger partial charge on any atom is -0.457 e. The number of hydrazone groups is 1. The number of carbonyl (C=O) groups excluding carboxylic acids is 3. The van der Waals surface area contributed by atoms with Crippen LogP contribution in [-0.2, 0) is 16.0 Å². The van der Waals surface area contributed by atoms with Gasteiger partial charge < -0.3 is 14.5 Å². The molecule has 2 aromatic carbocycles. The topological polar surface area (TPSA) is 134 Å². The molecule has 3 aromatic rings. The summed E-state index contributed by atoms with van der Waals surface area (Å²) in [6.45, 7) is 0. The number of amides is 2. The summed E-state index contributed by atoms with van der Waals surface area (Å²) >= 11 is 0. The fourth-order valence-electron chi connectivity index (χ4n) is 2.38. The summed E-state index contributed by atoms with van der Waals surface area (Å²) in [4.78, 5) is 35.6. The Bertz CT molecular complexity index is 1130. The summed E-state index contributed by atoms with van der Waals surface area (Å²) in [7, 11) is 0. The van der Waals surface area contributed by atoms with Crippen LogP contribution >= 0.6 is 0 Å². The van der Waals surface area contributed by atoms with E-state index in [-0.39, 0.29) is 12.2 Å². The number of carbonyl (C=O) groups is 3. The number of rotatable bonds is 6.